The topological polar surface area (TPSA) is 80.6 Å². The van der Waals surface area contributed by atoms with Crippen LogP contribution in [0.3, 0.4) is 0 Å². The van der Waals surface area contributed by atoms with Crippen LogP contribution < -0.4 is 9.46 Å². The second kappa shape index (κ2) is 8.58. The van der Waals surface area contributed by atoms with Gasteiger partial charge in [0.25, 0.3) is 0 Å². The molecule has 0 spiro atoms. The Morgan fingerprint density at radius 1 is 1.23 bits per heavy atom. The van der Waals surface area contributed by atoms with E-state index in [1.165, 1.54) is 11.3 Å². The number of rotatable bonds is 8. The zero-order valence-electron chi connectivity index (χ0n) is 16.2. The first-order chi connectivity index (χ1) is 14.0. The molecule has 1 aromatic carbocycles. The van der Waals surface area contributed by atoms with E-state index in [1.807, 2.05) is 23.6 Å². The Labute approximate surface area is 175 Å². The lowest BCUT2D eigenvalue weighted by Gasteiger charge is -2.11. The lowest BCUT2D eigenvalue weighted by molar-refractivity contribution is -0.0447. The van der Waals surface area contributed by atoms with E-state index in [1.54, 1.807) is 36.1 Å². The number of thiophene rings is 1. The van der Waals surface area contributed by atoms with Crippen molar-refractivity contribution in [1.29, 1.82) is 0 Å². The second-order valence-corrected chi connectivity index (χ2v) is 9.54. The van der Waals surface area contributed by atoms with Gasteiger partial charge in [-0.2, -0.15) is 13.2 Å². The van der Waals surface area contributed by atoms with Gasteiger partial charge >= 0.3 is 15.5 Å². The number of halogens is 3. The van der Waals surface area contributed by atoms with Crippen LogP contribution in [0.25, 0.3) is 10.2 Å². The average molecular weight is 463 g/mol. The third kappa shape index (κ3) is 4.64. The molecule has 0 bridgehead atoms. The Balaban J connectivity index is 1.72. The van der Waals surface area contributed by atoms with Crippen LogP contribution >= 0.6 is 11.3 Å². The normalized spacial score (nSPS) is 13.7. The maximum atomic E-state index is 12.4. The maximum Gasteiger partial charge on any atom is 0.511 e. The molecule has 0 fully saturated rings. The molecule has 2 heterocycles. The molecule has 30 heavy (non-hydrogen) atoms. The first kappa shape index (κ1) is 22.6. The van der Waals surface area contributed by atoms with Crippen LogP contribution in [-0.2, 0) is 16.6 Å². The minimum Gasteiger partial charge on any atom is -0.497 e. The SMILES string of the molecule is COc1ccc(C(O)c2cc3cc(C)n(CCCNS(=O)(=O)C(F)(F)F)c3s2)cc1. The molecular formula is C19H21F3N2O4S2. The summed E-state index contributed by atoms with van der Waals surface area (Å²) in [6, 6.07) is 10.9. The van der Waals surface area contributed by atoms with Crippen LogP contribution in [0.4, 0.5) is 13.2 Å². The molecule has 0 amide bonds. The van der Waals surface area contributed by atoms with Gasteiger partial charge in [-0.1, -0.05) is 12.1 Å². The van der Waals surface area contributed by atoms with Crippen molar-refractivity contribution >= 4 is 31.6 Å². The molecule has 0 aliphatic carbocycles. The molecule has 1 atom stereocenters. The van der Waals surface area contributed by atoms with Gasteiger partial charge in [-0.3, -0.25) is 0 Å². The lowest BCUT2D eigenvalue weighted by Crippen LogP contribution is -2.37. The Morgan fingerprint density at radius 2 is 1.90 bits per heavy atom. The maximum absolute atomic E-state index is 12.4. The van der Waals surface area contributed by atoms with Crippen LogP contribution in [0.5, 0.6) is 5.75 Å². The van der Waals surface area contributed by atoms with Crippen molar-refractivity contribution in [2.45, 2.75) is 31.5 Å². The highest BCUT2D eigenvalue weighted by Crippen LogP contribution is 2.35. The molecule has 0 saturated heterocycles. The summed E-state index contributed by atoms with van der Waals surface area (Å²) < 4.78 is 67.9. The third-order valence-electron chi connectivity index (χ3n) is 4.65. The van der Waals surface area contributed by atoms with E-state index in [2.05, 4.69) is 0 Å². The average Bonchev–Trinajstić information content (AvgIpc) is 3.21. The molecule has 0 radical (unpaired) electrons. The molecule has 3 aromatic rings. The highest BCUT2D eigenvalue weighted by molar-refractivity contribution is 7.90. The fraction of sp³-hybridized carbons (Fsp3) is 0.368. The number of nitrogens with one attached hydrogen (secondary N) is 1. The number of methoxy groups -OCH3 is 1. The van der Waals surface area contributed by atoms with Crippen molar-refractivity contribution in [2.75, 3.05) is 13.7 Å². The zero-order valence-corrected chi connectivity index (χ0v) is 17.9. The van der Waals surface area contributed by atoms with Gasteiger partial charge in [0.05, 0.1) is 7.11 Å². The molecule has 2 N–H and O–H groups in total. The molecule has 164 valence electrons. The molecule has 0 aliphatic rings. The fourth-order valence-electron chi connectivity index (χ4n) is 3.08. The minimum absolute atomic E-state index is 0.189. The van der Waals surface area contributed by atoms with E-state index < -0.39 is 21.6 Å². The first-order valence-electron chi connectivity index (χ1n) is 9.01. The largest absolute Gasteiger partial charge is 0.511 e. The van der Waals surface area contributed by atoms with Crippen LogP contribution in [-0.4, -0.2) is 37.3 Å². The van der Waals surface area contributed by atoms with Crippen molar-refractivity contribution in [3.05, 3.63) is 52.5 Å². The van der Waals surface area contributed by atoms with Crippen LogP contribution in [0.2, 0.25) is 0 Å². The van der Waals surface area contributed by atoms with Gasteiger partial charge in [-0.05, 0) is 43.2 Å². The number of sulfonamides is 1. The predicted molar refractivity (Wildman–Crippen MR) is 109 cm³/mol. The van der Waals surface area contributed by atoms with Crippen LogP contribution in [0, 0.1) is 6.92 Å². The Kier molecular flexibility index (Phi) is 6.46. The van der Waals surface area contributed by atoms with E-state index in [-0.39, 0.29) is 13.0 Å². The van der Waals surface area contributed by atoms with Gasteiger partial charge in [0.1, 0.15) is 16.7 Å². The number of alkyl halides is 3. The number of hydrogen-bond donors (Lipinski definition) is 2. The number of hydrogen-bond acceptors (Lipinski definition) is 5. The number of ether oxygens (including phenoxy) is 1. The molecule has 6 nitrogen and oxygen atoms in total. The van der Waals surface area contributed by atoms with E-state index >= 15 is 0 Å². The van der Waals surface area contributed by atoms with Crippen LogP contribution in [0.15, 0.2) is 36.4 Å². The second-order valence-electron chi connectivity index (χ2n) is 6.72. The standard InChI is InChI=1S/C19H21F3N2O4S2/c1-12-10-14-11-16(17(25)13-4-6-15(28-2)7-5-13)29-18(14)24(12)9-3-8-23-30(26,27)19(20,21)22/h4-7,10-11,17,23,25H,3,8-9H2,1-2H3. The van der Waals surface area contributed by atoms with Gasteiger partial charge in [-0.15, -0.1) is 11.3 Å². The van der Waals surface area contributed by atoms with Gasteiger partial charge in [0.15, 0.2) is 0 Å². The summed E-state index contributed by atoms with van der Waals surface area (Å²) in [5.41, 5.74) is -3.70. The van der Waals surface area contributed by atoms with Crippen LogP contribution in [0.1, 0.15) is 28.7 Å². The molecule has 1 unspecified atom stereocenters. The fourth-order valence-corrected chi connectivity index (χ4v) is 4.90. The predicted octanol–water partition coefficient (Wildman–Crippen LogP) is 3.93. The summed E-state index contributed by atoms with van der Waals surface area (Å²) in [6.07, 6.45) is -0.630. The van der Waals surface area contributed by atoms with Crippen molar-refractivity contribution in [3.8, 4) is 5.75 Å². The van der Waals surface area contributed by atoms with Gasteiger partial charge in [-0.25, -0.2) is 13.1 Å². The van der Waals surface area contributed by atoms with Crippen molar-refractivity contribution in [3.63, 3.8) is 0 Å². The number of aliphatic hydroxyl groups is 1. The monoisotopic (exact) mass is 462 g/mol. The Bertz CT molecular complexity index is 1120. The van der Waals surface area contributed by atoms with Gasteiger partial charge in [0.2, 0.25) is 0 Å². The minimum atomic E-state index is -5.33. The van der Waals surface area contributed by atoms with E-state index in [4.69, 9.17) is 4.74 Å². The number of fused-ring (bicyclic) bond motifs is 1. The van der Waals surface area contributed by atoms with Crippen molar-refractivity contribution in [1.82, 2.24) is 9.29 Å². The van der Waals surface area contributed by atoms with Gasteiger partial charge < -0.3 is 14.4 Å². The highest BCUT2D eigenvalue weighted by atomic mass is 32.2. The summed E-state index contributed by atoms with van der Waals surface area (Å²) in [7, 11) is -3.77. The quantitative estimate of drug-likeness (QED) is 0.497. The third-order valence-corrected chi connectivity index (χ3v) is 7.07. The van der Waals surface area contributed by atoms with E-state index in [9.17, 15) is 26.7 Å². The van der Waals surface area contributed by atoms with E-state index in [0.29, 0.717) is 17.9 Å². The van der Waals surface area contributed by atoms with E-state index in [0.717, 1.165) is 20.8 Å². The van der Waals surface area contributed by atoms with Gasteiger partial charge in [0, 0.05) is 29.0 Å². The number of nitrogens with zero attached hydrogens (tertiary/aromatic N) is 1. The number of aryl methyl sites for hydroxylation is 2. The Morgan fingerprint density at radius 3 is 2.50 bits per heavy atom. The highest BCUT2D eigenvalue weighted by Gasteiger charge is 2.45. The summed E-state index contributed by atoms with van der Waals surface area (Å²) in [6.45, 7) is 1.88. The van der Waals surface area contributed by atoms with Crippen molar-refractivity contribution in [2.24, 2.45) is 0 Å². The summed E-state index contributed by atoms with van der Waals surface area (Å²) in [5.74, 6) is 0.686. The Hall–Kier alpha value is -2.08. The molecule has 2 aromatic heterocycles. The smallest absolute Gasteiger partial charge is 0.497 e. The van der Waals surface area contributed by atoms with Crippen molar-refractivity contribution < 1.29 is 31.4 Å². The lowest BCUT2D eigenvalue weighted by atomic mass is 10.1. The summed E-state index contributed by atoms with van der Waals surface area (Å²) in [4.78, 5) is 1.60. The number of aromatic nitrogens is 1. The summed E-state index contributed by atoms with van der Waals surface area (Å²) in [5, 5.41) is 11.6. The zero-order chi connectivity index (χ0) is 22.1. The first-order valence-corrected chi connectivity index (χ1v) is 11.3. The molecule has 0 aliphatic heterocycles. The number of aliphatic hydroxyl groups excluding tert-OH is 1. The number of benzene rings is 1. The summed E-state index contributed by atoms with van der Waals surface area (Å²) >= 11 is 1.39. The molecule has 11 heteroatoms. The molecular weight excluding hydrogens is 441 g/mol. The molecule has 0 saturated carbocycles. The molecule has 3 rings (SSSR count).